The van der Waals surface area contributed by atoms with Gasteiger partial charge in [-0.15, -0.1) is 0 Å². The molecule has 1 aromatic heterocycles. The summed E-state index contributed by atoms with van der Waals surface area (Å²) < 4.78 is 6.35. The lowest BCUT2D eigenvalue weighted by Gasteiger charge is -2.23. The Hall–Kier alpha value is -1.42. The van der Waals surface area contributed by atoms with Crippen LogP contribution in [0.25, 0.3) is 0 Å². The molecule has 0 atom stereocenters. The minimum Gasteiger partial charge on any atom is -0.467 e. The van der Waals surface area contributed by atoms with Gasteiger partial charge < -0.3 is 15.1 Å². The highest BCUT2D eigenvalue weighted by atomic mass is 79.9. The summed E-state index contributed by atoms with van der Waals surface area (Å²) >= 11 is 3.41. The van der Waals surface area contributed by atoms with Gasteiger partial charge in [0.2, 0.25) is 0 Å². The summed E-state index contributed by atoms with van der Waals surface area (Å²) in [5.41, 5.74) is 7.83. The number of benzene rings is 1. The van der Waals surface area contributed by atoms with E-state index >= 15 is 0 Å². The van der Waals surface area contributed by atoms with E-state index in [-0.39, 0.29) is 0 Å². The van der Waals surface area contributed by atoms with Crippen molar-refractivity contribution in [2.75, 3.05) is 17.2 Å². The number of anilines is 2. The Labute approximate surface area is 109 Å². The minimum absolute atomic E-state index is 0.731. The van der Waals surface area contributed by atoms with Crippen LogP contribution in [0.15, 0.2) is 45.5 Å². The van der Waals surface area contributed by atoms with Gasteiger partial charge in [-0.25, -0.2) is 0 Å². The quantitative estimate of drug-likeness (QED) is 0.875. The molecule has 0 saturated carbocycles. The minimum atomic E-state index is 0.731. The summed E-state index contributed by atoms with van der Waals surface area (Å²) in [7, 11) is 0. The van der Waals surface area contributed by atoms with Crippen molar-refractivity contribution in [2.24, 2.45) is 0 Å². The van der Waals surface area contributed by atoms with Crippen LogP contribution in [-0.4, -0.2) is 6.54 Å². The van der Waals surface area contributed by atoms with E-state index in [1.165, 1.54) is 0 Å². The molecule has 0 amide bonds. The standard InChI is InChI=1S/C13H15BrN2O/c1-2-16(9-11-4-3-7-17-11)13-6-5-10(14)8-12(13)15/h3-8H,2,9,15H2,1H3. The smallest absolute Gasteiger partial charge is 0.123 e. The molecule has 0 aliphatic heterocycles. The van der Waals surface area contributed by atoms with Crippen molar-refractivity contribution in [2.45, 2.75) is 13.5 Å². The lowest BCUT2D eigenvalue weighted by Crippen LogP contribution is -2.22. The van der Waals surface area contributed by atoms with Gasteiger partial charge in [0.15, 0.2) is 0 Å². The Morgan fingerprint density at radius 1 is 1.35 bits per heavy atom. The molecule has 2 aromatic rings. The first kappa shape index (κ1) is 12.0. The molecule has 3 nitrogen and oxygen atoms in total. The largest absolute Gasteiger partial charge is 0.467 e. The molecule has 2 N–H and O–H groups in total. The lowest BCUT2D eigenvalue weighted by atomic mass is 10.2. The number of furan rings is 1. The molecule has 0 bridgehead atoms. The van der Waals surface area contributed by atoms with Gasteiger partial charge in [0.05, 0.1) is 24.2 Å². The molecule has 1 aromatic carbocycles. The Bertz CT molecular complexity index is 482. The monoisotopic (exact) mass is 294 g/mol. The molecule has 17 heavy (non-hydrogen) atoms. The topological polar surface area (TPSA) is 42.4 Å². The highest BCUT2D eigenvalue weighted by Crippen LogP contribution is 2.27. The molecule has 0 spiro atoms. The van der Waals surface area contributed by atoms with E-state index < -0.39 is 0 Å². The second kappa shape index (κ2) is 5.27. The predicted octanol–water partition coefficient (Wildman–Crippen LogP) is 3.65. The van der Waals surface area contributed by atoms with Crippen molar-refractivity contribution in [1.82, 2.24) is 0 Å². The van der Waals surface area contributed by atoms with E-state index in [0.717, 1.165) is 34.7 Å². The maximum absolute atomic E-state index is 6.02. The van der Waals surface area contributed by atoms with E-state index in [2.05, 4.69) is 27.8 Å². The lowest BCUT2D eigenvalue weighted by molar-refractivity contribution is 0.504. The third-order valence-corrected chi connectivity index (χ3v) is 3.13. The maximum Gasteiger partial charge on any atom is 0.123 e. The molecular formula is C13H15BrN2O. The van der Waals surface area contributed by atoms with Crippen molar-refractivity contribution >= 4 is 27.3 Å². The van der Waals surface area contributed by atoms with Crippen molar-refractivity contribution in [3.05, 3.63) is 46.8 Å². The van der Waals surface area contributed by atoms with Gasteiger partial charge in [-0.3, -0.25) is 0 Å². The first-order chi connectivity index (χ1) is 8.20. The van der Waals surface area contributed by atoms with E-state index in [4.69, 9.17) is 10.2 Å². The maximum atomic E-state index is 6.02. The highest BCUT2D eigenvalue weighted by molar-refractivity contribution is 9.10. The third kappa shape index (κ3) is 2.82. The molecule has 0 radical (unpaired) electrons. The molecule has 0 unspecified atom stereocenters. The fraction of sp³-hybridized carbons (Fsp3) is 0.231. The third-order valence-electron chi connectivity index (χ3n) is 2.64. The number of halogens is 1. The van der Waals surface area contributed by atoms with Crippen LogP contribution < -0.4 is 10.6 Å². The molecule has 0 aliphatic carbocycles. The second-order valence-corrected chi connectivity index (χ2v) is 4.71. The number of hydrogen-bond acceptors (Lipinski definition) is 3. The van der Waals surface area contributed by atoms with E-state index in [1.54, 1.807) is 6.26 Å². The van der Waals surface area contributed by atoms with Gasteiger partial charge in [0.25, 0.3) is 0 Å². The van der Waals surface area contributed by atoms with Crippen LogP contribution in [0.2, 0.25) is 0 Å². The van der Waals surface area contributed by atoms with Gasteiger partial charge in [0, 0.05) is 11.0 Å². The summed E-state index contributed by atoms with van der Waals surface area (Å²) in [6.07, 6.45) is 1.69. The van der Waals surface area contributed by atoms with Gasteiger partial charge in [-0.2, -0.15) is 0 Å². The van der Waals surface area contributed by atoms with E-state index in [1.807, 2.05) is 30.3 Å². The number of nitrogens with two attached hydrogens (primary N) is 1. The number of nitrogen functional groups attached to an aromatic ring is 1. The Morgan fingerprint density at radius 3 is 2.76 bits per heavy atom. The number of nitrogens with zero attached hydrogens (tertiary/aromatic N) is 1. The molecule has 4 heteroatoms. The normalized spacial score (nSPS) is 10.5. The molecule has 90 valence electrons. The van der Waals surface area contributed by atoms with Crippen molar-refractivity contribution in [1.29, 1.82) is 0 Å². The zero-order valence-electron chi connectivity index (χ0n) is 9.69. The van der Waals surface area contributed by atoms with Gasteiger partial charge in [-0.1, -0.05) is 15.9 Å². The average Bonchev–Trinajstić information content (AvgIpc) is 2.79. The van der Waals surface area contributed by atoms with Gasteiger partial charge >= 0.3 is 0 Å². The van der Waals surface area contributed by atoms with Crippen LogP contribution in [0.5, 0.6) is 0 Å². The number of rotatable bonds is 4. The highest BCUT2D eigenvalue weighted by Gasteiger charge is 2.10. The SMILES string of the molecule is CCN(Cc1ccco1)c1ccc(Br)cc1N. The summed E-state index contributed by atoms with van der Waals surface area (Å²) in [6.45, 7) is 3.71. The average molecular weight is 295 g/mol. The molecule has 2 rings (SSSR count). The molecule has 0 fully saturated rings. The van der Waals surface area contributed by atoms with Crippen molar-refractivity contribution in [3.8, 4) is 0 Å². The van der Waals surface area contributed by atoms with Gasteiger partial charge in [-0.05, 0) is 37.3 Å². The summed E-state index contributed by atoms with van der Waals surface area (Å²) in [6, 6.07) is 9.80. The Kier molecular flexibility index (Phi) is 3.74. The van der Waals surface area contributed by atoms with Crippen LogP contribution in [-0.2, 0) is 6.54 Å². The zero-order chi connectivity index (χ0) is 12.3. The fourth-order valence-electron chi connectivity index (χ4n) is 1.77. The number of hydrogen-bond donors (Lipinski definition) is 1. The Balaban J connectivity index is 2.23. The van der Waals surface area contributed by atoms with Crippen molar-refractivity contribution < 1.29 is 4.42 Å². The molecule has 0 saturated heterocycles. The molecule has 0 aliphatic rings. The van der Waals surface area contributed by atoms with Crippen LogP contribution >= 0.6 is 15.9 Å². The Morgan fingerprint density at radius 2 is 2.18 bits per heavy atom. The van der Waals surface area contributed by atoms with Crippen molar-refractivity contribution in [3.63, 3.8) is 0 Å². The van der Waals surface area contributed by atoms with E-state index in [9.17, 15) is 0 Å². The van der Waals surface area contributed by atoms with Crippen LogP contribution in [0, 0.1) is 0 Å². The first-order valence-corrected chi connectivity index (χ1v) is 6.32. The second-order valence-electron chi connectivity index (χ2n) is 3.80. The van der Waals surface area contributed by atoms with Gasteiger partial charge in [0.1, 0.15) is 5.76 Å². The summed E-state index contributed by atoms with van der Waals surface area (Å²) in [5.74, 6) is 0.939. The van der Waals surface area contributed by atoms with Crippen LogP contribution in [0.1, 0.15) is 12.7 Å². The summed E-state index contributed by atoms with van der Waals surface area (Å²) in [4.78, 5) is 2.18. The zero-order valence-corrected chi connectivity index (χ0v) is 11.3. The van der Waals surface area contributed by atoms with Crippen LogP contribution in [0.3, 0.4) is 0 Å². The molecule has 1 heterocycles. The van der Waals surface area contributed by atoms with E-state index in [0.29, 0.717) is 0 Å². The first-order valence-electron chi connectivity index (χ1n) is 5.53. The summed E-state index contributed by atoms with van der Waals surface area (Å²) in [5, 5.41) is 0. The molecular weight excluding hydrogens is 280 g/mol. The fourth-order valence-corrected chi connectivity index (χ4v) is 2.15. The predicted molar refractivity (Wildman–Crippen MR) is 74.0 cm³/mol. The van der Waals surface area contributed by atoms with Crippen LogP contribution in [0.4, 0.5) is 11.4 Å².